The topological polar surface area (TPSA) is 20.0 Å². The largest absolute Gasteiger partial charge is 0.402 e. The van der Waals surface area contributed by atoms with Crippen LogP contribution in [0.1, 0.15) is 5.56 Å². The molecular formula is C14H15BN3+. The molecule has 0 aromatic carbocycles. The summed E-state index contributed by atoms with van der Waals surface area (Å²) in [5.74, 6) is 3.39. The van der Waals surface area contributed by atoms with Crippen molar-refractivity contribution in [3.8, 4) is 0 Å². The van der Waals surface area contributed by atoms with Gasteiger partial charge >= 0.3 is 6.85 Å². The molecule has 3 nitrogen and oxygen atoms in total. The van der Waals surface area contributed by atoms with Gasteiger partial charge in [-0.05, 0) is 19.0 Å². The number of nitrogens with zero attached hydrogens (tertiary/aromatic N) is 3. The Kier molecular flexibility index (Phi) is 2.63. The first-order chi connectivity index (χ1) is 8.77. The Bertz CT molecular complexity index is 609. The normalized spacial score (nSPS) is 13.7. The molecular weight excluding hydrogens is 221 g/mol. The van der Waals surface area contributed by atoms with Crippen LogP contribution in [0.15, 0.2) is 48.8 Å². The highest BCUT2D eigenvalue weighted by Crippen LogP contribution is 2.31. The average Bonchev–Trinajstić information content (AvgIpc) is 2.40. The SMILES string of the molecule is CB1C=Cc2ccncc2N1c1cccc[n+]1C. The molecule has 0 fully saturated rings. The predicted octanol–water partition coefficient (Wildman–Crippen LogP) is 2.23. The second-order valence-electron chi connectivity index (χ2n) is 4.57. The van der Waals surface area contributed by atoms with Crippen molar-refractivity contribution in [3.63, 3.8) is 0 Å². The van der Waals surface area contributed by atoms with Gasteiger partial charge in [-0.2, -0.15) is 0 Å². The molecule has 4 heteroatoms. The van der Waals surface area contributed by atoms with E-state index in [1.807, 2.05) is 24.5 Å². The summed E-state index contributed by atoms with van der Waals surface area (Å²) in [4.78, 5) is 6.56. The van der Waals surface area contributed by atoms with Gasteiger partial charge < -0.3 is 0 Å². The van der Waals surface area contributed by atoms with Crippen LogP contribution in [0.2, 0.25) is 6.82 Å². The van der Waals surface area contributed by atoms with Gasteiger partial charge in [0.25, 0.3) is 5.82 Å². The molecule has 3 rings (SSSR count). The number of rotatable bonds is 1. The van der Waals surface area contributed by atoms with Gasteiger partial charge in [0.2, 0.25) is 0 Å². The quantitative estimate of drug-likeness (QED) is 0.559. The Balaban J connectivity index is 2.17. The third-order valence-electron chi connectivity index (χ3n) is 3.33. The standard InChI is InChI=1S/C14H15BN3/c1-15-8-6-12-7-9-16-11-13(12)18(15)14-5-3-4-10-17(14)2/h3-11H,1-2H3/q+1. The van der Waals surface area contributed by atoms with Crippen molar-refractivity contribution in [1.29, 1.82) is 0 Å². The fraction of sp³-hybridized carbons (Fsp3) is 0.143. The van der Waals surface area contributed by atoms with Crippen molar-refractivity contribution in [3.05, 3.63) is 54.4 Å². The van der Waals surface area contributed by atoms with Crippen LogP contribution >= 0.6 is 0 Å². The molecule has 88 valence electrons. The Hall–Kier alpha value is -2.10. The third kappa shape index (κ3) is 1.70. The van der Waals surface area contributed by atoms with Crippen molar-refractivity contribution < 1.29 is 4.57 Å². The maximum absolute atomic E-state index is 4.25. The van der Waals surface area contributed by atoms with Crippen molar-refractivity contribution in [1.82, 2.24) is 4.98 Å². The van der Waals surface area contributed by atoms with Crippen LogP contribution in [-0.4, -0.2) is 11.8 Å². The third-order valence-corrected chi connectivity index (χ3v) is 3.33. The Morgan fingerprint density at radius 3 is 3.00 bits per heavy atom. The summed E-state index contributed by atoms with van der Waals surface area (Å²) in [6, 6.07) is 8.29. The van der Waals surface area contributed by atoms with E-state index in [1.165, 1.54) is 11.4 Å². The van der Waals surface area contributed by atoms with Gasteiger partial charge in [0, 0.05) is 17.8 Å². The summed E-state index contributed by atoms with van der Waals surface area (Å²) >= 11 is 0. The summed E-state index contributed by atoms with van der Waals surface area (Å²) < 4.78 is 2.13. The van der Waals surface area contributed by atoms with E-state index < -0.39 is 0 Å². The van der Waals surface area contributed by atoms with Crippen LogP contribution in [0.5, 0.6) is 0 Å². The van der Waals surface area contributed by atoms with E-state index in [-0.39, 0.29) is 0 Å². The van der Waals surface area contributed by atoms with E-state index in [0.717, 1.165) is 5.69 Å². The lowest BCUT2D eigenvalue weighted by Crippen LogP contribution is -2.43. The number of aryl methyl sites for hydroxylation is 1. The van der Waals surface area contributed by atoms with Gasteiger partial charge in [-0.3, -0.25) is 9.79 Å². The predicted molar refractivity (Wildman–Crippen MR) is 74.6 cm³/mol. The van der Waals surface area contributed by atoms with E-state index in [2.05, 4.69) is 58.6 Å². The molecule has 3 heterocycles. The van der Waals surface area contributed by atoms with Crippen molar-refractivity contribution in [2.24, 2.45) is 7.05 Å². The molecule has 0 atom stereocenters. The molecule has 0 saturated carbocycles. The minimum Gasteiger partial charge on any atom is -0.286 e. The van der Waals surface area contributed by atoms with E-state index in [1.54, 1.807) is 0 Å². The fourth-order valence-electron chi connectivity index (χ4n) is 2.38. The van der Waals surface area contributed by atoms with Crippen LogP contribution in [0, 0.1) is 0 Å². The molecule has 18 heavy (non-hydrogen) atoms. The number of hydrogen-bond acceptors (Lipinski definition) is 2. The van der Waals surface area contributed by atoms with Gasteiger partial charge in [-0.25, -0.2) is 4.57 Å². The molecule has 0 saturated heterocycles. The minimum atomic E-state index is 0.329. The molecule has 0 N–H and O–H groups in total. The van der Waals surface area contributed by atoms with Crippen LogP contribution in [-0.2, 0) is 7.05 Å². The molecule has 1 aliphatic rings. The summed E-state index contributed by atoms with van der Waals surface area (Å²) in [6.07, 6.45) is 8.00. The second-order valence-corrected chi connectivity index (χ2v) is 4.57. The van der Waals surface area contributed by atoms with Crippen LogP contribution < -0.4 is 9.38 Å². The van der Waals surface area contributed by atoms with E-state index in [4.69, 9.17) is 0 Å². The molecule has 0 aliphatic carbocycles. The van der Waals surface area contributed by atoms with Gasteiger partial charge in [0.05, 0.1) is 19.4 Å². The summed E-state index contributed by atoms with van der Waals surface area (Å²) in [7, 11) is 2.07. The smallest absolute Gasteiger partial charge is 0.286 e. The second kappa shape index (κ2) is 4.29. The zero-order valence-electron chi connectivity index (χ0n) is 10.6. The van der Waals surface area contributed by atoms with Crippen molar-refractivity contribution in [2.45, 2.75) is 6.82 Å². The minimum absolute atomic E-state index is 0.329. The zero-order valence-corrected chi connectivity index (χ0v) is 10.6. The molecule has 0 amide bonds. The highest BCUT2D eigenvalue weighted by molar-refractivity contribution is 6.69. The van der Waals surface area contributed by atoms with Gasteiger partial charge in [-0.1, -0.05) is 18.1 Å². The number of pyridine rings is 2. The summed E-state index contributed by atoms with van der Waals surface area (Å²) in [6.45, 7) is 2.52. The number of fused-ring (bicyclic) bond motifs is 1. The lowest BCUT2D eigenvalue weighted by atomic mass is 9.60. The maximum atomic E-state index is 4.25. The Labute approximate surface area is 108 Å². The number of anilines is 2. The van der Waals surface area contributed by atoms with Crippen LogP contribution in [0.4, 0.5) is 11.5 Å². The van der Waals surface area contributed by atoms with E-state index in [0.29, 0.717) is 6.85 Å². The van der Waals surface area contributed by atoms with Crippen molar-refractivity contribution >= 4 is 24.4 Å². The molecule has 1 aliphatic heterocycles. The van der Waals surface area contributed by atoms with E-state index in [9.17, 15) is 0 Å². The number of hydrogen-bond donors (Lipinski definition) is 0. The van der Waals surface area contributed by atoms with Gasteiger partial charge in [0.15, 0.2) is 0 Å². The first kappa shape index (κ1) is 11.0. The first-order valence-corrected chi connectivity index (χ1v) is 6.13. The lowest BCUT2D eigenvalue weighted by Gasteiger charge is -2.25. The summed E-state index contributed by atoms with van der Waals surface area (Å²) in [5, 5.41) is 0. The average molecular weight is 236 g/mol. The maximum Gasteiger partial charge on any atom is 0.402 e. The Morgan fingerprint density at radius 2 is 2.17 bits per heavy atom. The monoisotopic (exact) mass is 236 g/mol. The zero-order chi connectivity index (χ0) is 12.5. The van der Waals surface area contributed by atoms with Crippen LogP contribution in [0.3, 0.4) is 0 Å². The van der Waals surface area contributed by atoms with E-state index >= 15 is 0 Å². The fourth-order valence-corrected chi connectivity index (χ4v) is 2.38. The molecule has 0 spiro atoms. The number of aromatic nitrogens is 2. The highest BCUT2D eigenvalue weighted by atomic mass is 15.2. The highest BCUT2D eigenvalue weighted by Gasteiger charge is 2.32. The van der Waals surface area contributed by atoms with Crippen molar-refractivity contribution in [2.75, 3.05) is 4.81 Å². The molecule has 0 bridgehead atoms. The molecule has 2 aromatic heterocycles. The first-order valence-electron chi connectivity index (χ1n) is 6.13. The van der Waals surface area contributed by atoms with Gasteiger partial charge in [-0.15, -0.1) is 0 Å². The van der Waals surface area contributed by atoms with Crippen LogP contribution in [0.25, 0.3) is 6.08 Å². The Morgan fingerprint density at radius 1 is 1.28 bits per heavy atom. The lowest BCUT2D eigenvalue weighted by molar-refractivity contribution is -0.658. The summed E-state index contributed by atoms with van der Waals surface area (Å²) in [5.41, 5.74) is 2.38. The molecule has 2 aromatic rings. The molecule has 0 unspecified atom stereocenters. The molecule has 0 radical (unpaired) electrons. The van der Waals surface area contributed by atoms with Gasteiger partial charge in [0.1, 0.15) is 5.69 Å².